The van der Waals surface area contributed by atoms with Gasteiger partial charge in [0.1, 0.15) is 11.5 Å². The number of nitrogens with zero attached hydrogens (tertiary/aromatic N) is 1. The molecule has 2 amide bonds. The molecule has 0 spiro atoms. The first-order valence-corrected chi connectivity index (χ1v) is 8.55. The molecule has 1 heterocycles. The third-order valence-corrected chi connectivity index (χ3v) is 5.32. The number of anilines is 1. The summed E-state index contributed by atoms with van der Waals surface area (Å²) in [5.74, 6) is -0.646. The SMILES string of the molecule is COc1cc(N2C(=O)C[C@H](C3CCCCC3=O)C2=O)ccc1Br. The van der Waals surface area contributed by atoms with Crippen LogP contribution in [0.4, 0.5) is 5.69 Å². The van der Waals surface area contributed by atoms with Gasteiger partial charge in [0, 0.05) is 24.8 Å². The van der Waals surface area contributed by atoms with Gasteiger partial charge < -0.3 is 4.74 Å². The molecule has 2 aliphatic rings. The van der Waals surface area contributed by atoms with Crippen LogP contribution in [0.1, 0.15) is 32.1 Å². The second kappa shape index (κ2) is 6.43. The van der Waals surface area contributed by atoms with E-state index in [1.54, 1.807) is 18.2 Å². The normalized spacial score (nSPS) is 25.1. The van der Waals surface area contributed by atoms with E-state index in [0.29, 0.717) is 24.3 Å². The van der Waals surface area contributed by atoms with Crippen molar-refractivity contribution in [2.75, 3.05) is 12.0 Å². The summed E-state index contributed by atoms with van der Waals surface area (Å²) in [5.41, 5.74) is 0.491. The molecule has 1 aliphatic heterocycles. The molecule has 1 unspecified atom stereocenters. The van der Waals surface area contributed by atoms with Gasteiger partial charge in [-0.3, -0.25) is 19.3 Å². The largest absolute Gasteiger partial charge is 0.495 e. The topological polar surface area (TPSA) is 63.7 Å². The molecule has 1 aromatic rings. The Kier molecular flexibility index (Phi) is 4.53. The summed E-state index contributed by atoms with van der Waals surface area (Å²) in [6.45, 7) is 0. The van der Waals surface area contributed by atoms with E-state index >= 15 is 0 Å². The molecule has 1 saturated carbocycles. The number of carbonyl (C=O) groups is 3. The minimum Gasteiger partial charge on any atom is -0.495 e. The number of ketones is 1. The van der Waals surface area contributed by atoms with E-state index in [1.807, 2.05) is 0 Å². The van der Waals surface area contributed by atoms with Crippen LogP contribution in [0.15, 0.2) is 22.7 Å². The quantitative estimate of drug-likeness (QED) is 0.756. The molecule has 23 heavy (non-hydrogen) atoms. The van der Waals surface area contributed by atoms with Gasteiger partial charge in [-0.05, 0) is 40.9 Å². The zero-order chi connectivity index (χ0) is 16.6. The number of benzene rings is 1. The molecule has 0 aromatic heterocycles. The van der Waals surface area contributed by atoms with E-state index in [2.05, 4.69) is 15.9 Å². The number of hydrogen-bond acceptors (Lipinski definition) is 4. The van der Waals surface area contributed by atoms with E-state index in [4.69, 9.17) is 4.74 Å². The number of carbonyl (C=O) groups excluding carboxylic acids is 3. The molecule has 0 bridgehead atoms. The average Bonchev–Trinajstić information content (AvgIpc) is 2.83. The number of ether oxygens (including phenoxy) is 1. The summed E-state index contributed by atoms with van der Waals surface area (Å²) in [5, 5.41) is 0. The van der Waals surface area contributed by atoms with Crippen molar-refractivity contribution < 1.29 is 19.1 Å². The number of hydrogen-bond donors (Lipinski definition) is 0. The molecule has 2 atom stereocenters. The zero-order valence-electron chi connectivity index (χ0n) is 12.9. The molecule has 1 aromatic carbocycles. The van der Waals surface area contributed by atoms with Crippen molar-refractivity contribution in [1.82, 2.24) is 0 Å². The molecule has 1 saturated heterocycles. The fourth-order valence-electron chi connectivity index (χ4n) is 3.46. The molecule has 0 radical (unpaired) electrons. The molecule has 3 rings (SSSR count). The smallest absolute Gasteiger partial charge is 0.238 e. The lowest BCUT2D eigenvalue weighted by Crippen LogP contribution is -2.35. The lowest BCUT2D eigenvalue weighted by Gasteiger charge is -2.24. The maximum atomic E-state index is 12.7. The van der Waals surface area contributed by atoms with Gasteiger partial charge in [-0.15, -0.1) is 0 Å². The van der Waals surface area contributed by atoms with Gasteiger partial charge in [-0.1, -0.05) is 6.42 Å². The number of amides is 2. The van der Waals surface area contributed by atoms with Crippen LogP contribution in [-0.4, -0.2) is 24.7 Å². The first-order valence-electron chi connectivity index (χ1n) is 7.76. The summed E-state index contributed by atoms with van der Waals surface area (Å²) in [7, 11) is 1.53. The van der Waals surface area contributed by atoms with E-state index in [9.17, 15) is 14.4 Å². The van der Waals surface area contributed by atoms with Crippen LogP contribution >= 0.6 is 15.9 Å². The van der Waals surface area contributed by atoms with Crippen molar-refractivity contribution in [2.24, 2.45) is 11.8 Å². The Morgan fingerprint density at radius 1 is 1.17 bits per heavy atom. The number of imide groups is 1. The van der Waals surface area contributed by atoms with Crippen molar-refractivity contribution in [3.63, 3.8) is 0 Å². The molecule has 1 aliphatic carbocycles. The van der Waals surface area contributed by atoms with Crippen molar-refractivity contribution in [1.29, 1.82) is 0 Å². The summed E-state index contributed by atoms with van der Waals surface area (Å²) in [6, 6.07) is 5.10. The van der Waals surface area contributed by atoms with E-state index in [0.717, 1.165) is 17.3 Å². The number of halogens is 1. The van der Waals surface area contributed by atoms with Gasteiger partial charge in [-0.25, -0.2) is 0 Å². The lowest BCUT2D eigenvalue weighted by molar-refractivity contribution is -0.132. The predicted molar refractivity (Wildman–Crippen MR) is 88.3 cm³/mol. The third-order valence-electron chi connectivity index (χ3n) is 4.66. The Bertz CT molecular complexity index is 673. The summed E-state index contributed by atoms with van der Waals surface area (Å²) in [6.07, 6.45) is 3.18. The molecule has 122 valence electrons. The minimum atomic E-state index is -0.509. The van der Waals surface area contributed by atoms with Gasteiger partial charge >= 0.3 is 0 Å². The lowest BCUT2D eigenvalue weighted by atomic mass is 9.78. The molecule has 0 N–H and O–H groups in total. The Labute approximate surface area is 143 Å². The fraction of sp³-hybridized carbons (Fsp3) is 0.471. The van der Waals surface area contributed by atoms with E-state index in [1.165, 1.54) is 12.0 Å². The van der Waals surface area contributed by atoms with Crippen molar-refractivity contribution in [2.45, 2.75) is 32.1 Å². The van der Waals surface area contributed by atoms with E-state index < -0.39 is 5.92 Å². The maximum absolute atomic E-state index is 12.7. The van der Waals surface area contributed by atoms with Crippen molar-refractivity contribution in [3.8, 4) is 5.75 Å². The van der Waals surface area contributed by atoms with Gasteiger partial charge in [0.2, 0.25) is 11.8 Å². The highest BCUT2D eigenvalue weighted by molar-refractivity contribution is 9.10. The predicted octanol–water partition coefficient (Wildman–Crippen LogP) is 3.10. The standard InChI is InChI=1S/C17H18BrNO4/c1-23-15-8-10(6-7-13(15)18)19-16(21)9-12(17(19)22)11-4-2-3-5-14(11)20/h6-8,11-12H,2-5,9H2,1H3/t11?,12-/m1/s1. The summed E-state index contributed by atoms with van der Waals surface area (Å²) < 4.78 is 5.98. The number of rotatable bonds is 3. The second-order valence-corrected chi connectivity index (χ2v) is 6.87. The average molecular weight is 380 g/mol. The van der Waals surface area contributed by atoms with Gasteiger partial charge in [0.15, 0.2) is 0 Å². The molecular formula is C17H18BrNO4. The van der Waals surface area contributed by atoms with Crippen molar-refractivity contribution >= 4 is 39.2 Å². The first kappa shape index (κ1) is 16.2. The second-order valence-electron chi connectivity index (χ2n) is 6.02. The fourth-order valence-corrected chi connectivity index (χ4v) is 3.87. The van der Waals surface area contributed by atoms with Crippen LogP contribution < -0.4 is 9.64 Å². The van der Waals surface area contributed by atoms with Crippen LogP contribution in [0.3, 0.4) is 0 Å². The van der Waals surface area contributed by atoms with Gasteiger partial charge in [-0.2, -0.15) is 0 Å². The van der Waals surface area contributed by atoms with Gasteiger partial charge in [0.05, 0.1) is 23.2 Å². The van der Waals surface area contributed by atoms with Crippen LogP contribution in [0.5, 0.6) is 5.75 Å². The highest BCUT2D eigenvalue weighted by atomic mass is 79.9. The van der Waals surface area contributed by atoms with E-state index in [-0.39, 0.29) is 29.9 Å². The van der Waals surface area contributed by atoms with Crippen molar-refractivity contribution in [3.05, 3.63) is 22.7 Å². The summed E-state index contributed by atoms with van der Waals surface area (Å²) >= 11 is 3.35. The highest BCUT2D eigenvalue weighted by Crippen LogP contribution is 2.38. The minimum absolute atomic E-state index is 0.119. The van der Waals surface area contributed by atoms with Crippen LogP contribution in [0.25, 0.3) is 0 Å². The van der Waals surface area contributed by atoms with Crippen LogP contribution in [0.2, 0.25) is 0 Å². The first-order chi connectivity index (χ1) is 11.0. The monoisotopic (exact) mass is 379 g/mol. The molecular weight excluding hydrogens is 362 g/mol. The maximum Gasteiger partial charge on any atom is 0.238 e. The highest BCUT2D eigenvalue weighted by Gasteiger charge is 2.46. The summed E-state index contributed by atoms with van der Waals surface area (Å²) in [4.78, 5) is 38.4. The van der Waals surface area contributed by atoms with Gasteiger partial charge in [0.25, 0.3) is 0 Å². The molecule has 2 fully saturated rings. The zero-order valence-corrected chi connectivity index (χ0v) is 14.5. The molecule has 5 nitrogen and oxygen atoms in total. The molecule has 6 heteroatoms. The number of methoxy groups -OCH3 is 1. The Balaban J connectivity index is 1.88. The number of Topliss-reactive ketones (excluding diaryl/α,β-unsaturated/α-hetero) is 1. The third kappa shape index (κ3) is 2.92. The van der Waals surface area contributed by atoms with Crippen LogP contribution in [0, 0.1) is 11.8 Å². The Hall–Kier alpha value is -1.69. The van der Waals surface area contributed by atoms with Crippen LogP contribution in [-0.2, 0) is 14.4 Å². The Morgan fingerprint density at radius 3 is 2.65 bits per heavy atom. The Morgan fingerprint density at radius 2 is 1.96 bits per heavy atom.